The third kappa shape index (κ3) is 6.14. The molecule has 2 aromatic rings. The normalized spacial score (nSPS) is 14.2. The van der Waals surface area contributed by atoms with Gasteiger partial charge in [0.1, 0.15) is 5.69 Å². The second-order valence-corrected chi connectivity index (χ2v) is 6.08. The van der Waals surface area contributed by atoms with Gasteiger partial charge in [0.05, 0.1) is 12.5 Å². The van der Waals surface area contributed by atoms with Crippen LogP contribution in [0.25, 0.3) is 0 Å². The van der Waals surface area contributed by atoms with Gasteiger partial charge in [-0.3, -0.25) is 19.6 Å². The highest BCUT2D eigenvalue weighted by Crippen LogP contribution is 2.09. The lowest BCUT2D eigenvalue weighted by Gasteiger charge is -2.36. The van der Waals surface area contributed by atoms with Crippen molar-refractivity contribution in [1.82, 2.24) is 30.4 Å². The Bertz CT molecular complexity index is 806. The van der Waals surface area contributed by atoms with Gasteiger partial charge in [-0.1, -0.05) is 0 Å². The number of halogens is 1. The van der Waals surface area contributed by atoms with Crippen LogP contribution in [-0.2, 0) is 0 Å². The van der Waals surface area contributed by atoms with E-state index in [1.54, 1.807) is 24.1 Å². The van der Waals surface area contributed by atoms with Gasteiger partial charge in [0, 0.05) is 58.7 Å². The van der Waals surface area contributed by atoms with Crippen molar-refractivity contribution in [1.29, 1.82) is 0 Å². The number of furan rings is 1. The SMILES string of the molecule is CN=C(NCCNC(=O)c1cnccn1)N1CCN(C(=O)c2ccco2)CC1.I. The number of carbonyl (C=O) groups is 2. The van der Waals surface area contributed by atoms with Crippen molar-refractivity contribution in [3.05, 3.63) is 48.4 Å². The molecule has 1 fully saturated rings. The summed E-state index contributed by atoms with van der Waals surface area (Å²) in [6, 6.07) is 3.38. The van der Waals surface area contributed by atoms with Crippen molar-refractivity contribution in [2.24, 2.45) is 4.99 Å². The van der Waals surface area contributed by atoms with E-state index in [2.05, 4.69) is 30.5 Å². The number of rotatable bonds is 5. The monoisotopic (exact) mass is 513 g/mol. The second kappa shape index (κ2) is 11.3. The molecule has 3 heterocycles. The van der Waals surface area contributed by atoms with E-state index >= 15 is 0 Å². The Hall–Kier alpha value is -2.70. The van der Waals surface area contributed by atoms with Crippen molar-refractivity contribution in [2.45, 2.75) is 0 Å². The largest absolute Gasteiger partial charge is 0.459 e. The summed E-state index contributed by atoms with van der Waals surface area (Å²) in [6.45, 7) is 3.44. The van der Waals surface area contributed by atoms with E-state index in [0.29, 0.717) is 45.0 Å². The molecular weight excluding hydrogens is 489 g/mol. The summed E-state index contributed by atoms with van der Waals surface area (Å²) in [5, 5.41) is 6.00. The molecule has 2 aromatic heterocycles. The van der Waals surface area contributed by atoms with Crippen molar-refractivity contribution >= 4 is 41.8 Å². The Balaban J connectivity index is 0.00000300. The van der Waals surface area contributed by atoms with Crippen LogP contribution in [0, 0.1) is 0 Å². The van der Waals surface area contributed by atoms with Gasteiger partial charge in [-0.2, -0.15) is 0 Å². The van der Waals surface area contributed by atoms with E-state index in [-0.39, 0.29) is 41.5 Å². The van der Waals surface area contributed by atoms with Crippen LogP contribution in [0.4, 0.5) is 0 Å². The van der Waals surface area contributed by atoms with Gasteiger partial charge in [-0.15, -0.1) is 24.0 Å². The zero-order valence-electron chi connectivity index (χ0n) is 16.1. The third-order valence-electron chi connectivity index (χ3n) is 4.30. The predicted octanol–water partition coefficient (Wildman–Crippen LogP) is 0.451. The Morgan fingerprint density at radius 3 is 2.48 bits per heavy atom. The molecule has 0 aromatic carbocycles. The Kier molecular flexibility index (Phi) is 8.83. The zero-order chi connectivity index (χ0) is 19.8. The number of piperazine rings is 1. The average Bonchev–Trinajstić information content (AvgIpc) is 3.29. The maximum absolute atomic E-state index is 12.3. The van der Waals surface area contributed by atoms with Gasteiger partial charge < -0.3 is 24.9 Å². The minimum absolute atomic E-state index is 0. The van der Waals surface area contributed by atoms with Crippen molar-refractivity contribution in [3.8, 4) is 0 Å². The fourth-order valence-electron chi connectivity index (χ4n) is 2.87. The Morgan fingerprint density at radius 1 is 1.14 bits per heavy atom. The highest BCUT2D eigenvalue weighted by Gasteiger charge is 2.25. The molecule has 1 aliphatic rings. The molecule has 0 saturated carbocycles. The first-order chi connectivity index (χ1) is 13.7. The summed E-state index contributed by atoms with van der Waals surface area (Å²) in [4.78, 5) is 40.2. The Labute approximate surface area is 185 Å². The van der Waals surface area contributed by atoms with Crippen LogP contribution in [0.2, 0.25) is 0 Å². The van der Waals surface area contributed by atoms with E-state index in [1.807, 2.05) is 0 Å². The van der Waals surface area contributed by atoms with Crippen molar-refractivity contribution in [2.75, 3.05) is 46.3 Å². The quantitative estimate of drug-likeness (QED) is 0.258. The van der Waals surface area contributed by atoms with Crippen molar-refractivity contribution < 1.29 is 14.0 Å². The highest BCUT2D eigenvalue weighted by molar-refractivity contribution is 14.0. The topological polar surface area (TPSA) is 116 Å². The van der Waals surface area contributed by atoms with E-state index in [4.69, 9.17) is 4.42 Å². The fourth-order valence-corrected chi connectivity index (χ4v) is 2.87. The molecule has 0 radical (unpaired) electrons. The molecule has 10 nitrogen and oxygen atoms in total. The van der Waals surface area contributed by atoms with Gasteiger partial charge in [0.15, 0.2) is 11.7 Å². The number of hydrogen-bond acceptors (Lipinski definition) is 6. The van der Waals surface area contributed by atoms with Gasteiger partial charge in [-0.25, -0.2) is 4.98 Å². The standard InChI is InChI=1S/C18H23N7O3.HI/c1-19-18(23-7-6-22-16(26)14-13-20-4-5-21-14)25-10-8-24(9-11-25)17(27)15-3-2-12-28-15;/h2-5,12-13H,6-11H2,1H3,(H,19,23)(H,22,26);1H. The van der Waals surface area contributed by atoms with E-state index in [1.165, 1.54) is 24.9 Å². The Morgan fingerprint density at radius 2 is 1.86 bits per heavy atom. The van der Waals surface area contributed by atoms with Crippen LogP contribution < -0.4 is 10.6 Å². The van der Waals surface area contributed by atoms with E-state index in [0.717, 1.165) is 5.96 Å². The highest BCUT2D eigenvalue weighted by atomic mass is 127. The van der Waals surface area contributed by atoms with Crippen molar-refractivity contribution in [3.63, 3.8) is 0 Å². The van der Waals surface area contributed by atoms with Crippen LogP contribution in [-0.4, -0.2) is 83.9 Å². The molecule has 0 atom stereocenters. The summed E-state index contributed by atoms with van der Waals surface area (Å²) >= 11 is 0. The first-order valence-corrected chi connectivity index (χ1v) is 9.01. The van der Waals surface area contributed by atoms with Gasteiger partial charge in [-0.05, 0) is 12.1 Å². The molecule has 3 rings (SSSR count). The number of nitrogens with zero attached hydrogens (tertiary/aromatic N) is 5. The third-order valence-corrected chi connectivity index (χ3v) is 4.30. The minimum atomic E-state index is -0.269. The lowest BCUT2D eigenvalue weighted by Crippen LogP contribution is -2.54. The molecule has 2 amide bonds. The molecule has 11 heteroatoms. The number of aromatic nitrogens is 2. The molecular formula is C18H24IN7O3. The maximum Gasteiger partial charge on any atom is 0.289 e. The van der Waals surface area contributed by atoms with Crippen LogP contribution in [0.5, 0.6) is 0 Å². The summed E-state index contributed by atoms with van der Waals surface area (Å²) in [5.41, 5.74) is 0.282. The minimum Gasteiger partial charge on any atom is -0.459 e. The van der Waals surface area contributed by atoms with Crippen LogP contribution in [0.1, 0.15) is 21.0 Å². The van der Waals surface area contributed by atoms with Gasteiger partial charge in [0.2, 0.25) is 0 Å². The molecule has 0 aliphatic carbocycles. The summed E-state index contributed by atoms with van der Waals surface area (Å²) < 4.78 is 5.18. The number of guanidine groups is 1. The first-order valence-electron chi connectivity index (χ1n) is 9.01. The number of amides is 2. The van der Waals surface area contributed by atoms with E-state index < -0.39 is 0 Å². The summed E-state index contributed by atoms with van der Waals surface area (Å²) in [5.74, 6) is 0.725. The zero-order valence-corrected chi connectivity index (χ0v) is 18.4. The summed E-state index contributed by atoms with van der Waals surface area (Å²) in [7, 11) is 1.71. The lowest BCUT2D eigenvalue weighted by molar-refractivity contribution is 0.0657. The number of aliphatic imine (C=N–C) groups is 1. The van der Waals surface area contributed by atoms with Crippen LogP contribution in [0.3, 0.4) is 0 Å². The van der Waals surface area contributed by atoms with Crippen LogP contribution in [0.15, 0.2) is 46.4 Å². The molecule has 0 spiro atoms. The smallest absolute Gasteiger partial charge is 0.289 e. The predicted molar refractivity (Wildman–Crippen MR) is 117 cm³/mol. The lowest BCUT2D eigenvalue weighted by atomic mass is 10.3. The number of hydrogen-bond donors (Lipinski definition) is 2. The average molecular weight is 513 g/mol. The molecule has 0 unspecified atom stereocenters. The fraction of sp³-hybridized carbons (Fsp3) is 0.389. The van der Waals surface area contributed by atoms with Crippen LogP contribution >= 0.6 is 24.0 Å². The first kappa shape index (κ1) is 22.6. The molecule has 2 N–H and O–H groups in total. The molecule has 1 aliphatic heterocycles. The molecule has 1 saturated heterocycles. The summed E-state index contributed by atoms with van der Waals surface area (Å²) in [6.07, 6.45) is 5.92. The van der Waals surface area contributed by atoms with E-state index in [9.17, 15) is 9.59 Å². The van der Waals surface area contributed by atoms with Gasteiger partial charge >= 0.3 is 0 Å². The second-order valence-electron chi connectivity index (χ2n) is 6.08. The molecule has 0 bridgehead atoms. The molecule has 29 heavy (non-hydrogen) atoms. The molecule has 156 valence electrons. The number of carbonyl (C=O) groups excluding carboxylic acids is 2. The maximum atomic E-state index is 12.3. The van der Waals surface area contributed by atoms with Gasteiger partial charge in [0.25, 0.3) is 11.8 Å². The number of nitrogens with one attached hydrogen (secondary N) is 2.